The van der Waals surface area contributed by atoms with Crippen LogP contribution >= 0.6 is 11.6 Å². The third-order valence-electron chi connectivity index (χ3n) is 3.85. The molecule has 3 nitrogen and oxygen atoms in total. The summed E-state index contributed by atoms with van der Waals surface area (Å²) >= 11 is 5.96. The van der Waals surface area contributed by atoms with Gasteiger partial charge in [-0.05, 0) is 24.8 Å². The van der Waals surface area contributed by atoms with E-state index >= 15 is 0 Å². The summed E-state index contributed by atoms with van der Waals surface area (Å²) in [5.74, 6) is 0.564. The van der Waals surface area contributed by atoms with E-state index in [1.807, 2.05) is 30.3 Å². The molecule has 0 bridgehead atoms. The molecule has 112 valence electrons. The first kappa shape index (κ1) is 15.8. The molecule has 0 spiro atoms. The molecule has 0 radical (unpaired) electrons. The minimum atomic E-state index is -3.22. The molecule has 1 aromatic carbocycles. The fraction of sp³-hybridized carbons (Fsp3) is 0.600. The van der Waals surface area contributed by atoms with Crippen LogP contribution < -0.4 is 0 Å². The van der Waals surface area contributed by atoms with E-state index < -0.39 is 10.0 Å². The van der Waals surface area contributed by atoms with Crippen LogP contribution in [0.2, 0.25) is 0 Å². The zero-order valence-electron chi connectivity index (χ0n) is 11.7. The lowest BCUT2D eigenvalue weighted by molar-refractivity contribution is 0.345. The number of aryl methyl sites for hydroxylation is 1. The van der Waals surface area contributed by atoms with Crippen LogP contribution in [0.4, 0.5) is 0 Å². The summed E-state index contributed by atoms with van der Waals surface area (Å²) in [5.41, 5.74) is 1.06. The highest BCUT2D eigenvalue weighted by molar-refractivity contribution is 7.89. The molecule has 0 aromatic heterocycles. The Balaban J connectivity index is 2.04. The highest BCUT2D eigenvalue weighted by Crippen LogP contribution is 2.21. The molecule has 1 aliphatic heterocycles. The smallest absolute Gasteiger partial charge is 0.212 e. The highest BCUT2D eigenvalue weighted by atomic mass is 35.5. The molecular formula is C15H22ClNO2S. The molecule has 1 unspecified atom stereocenters. The van der Waals surface area contributed by atoms with Crippen molar-refractivity contribution in [2.75, 3.05) is 18.2 Å². The van der Waals surface area contributed by atoms with Crippen molar-refractivity contribution in [2.45, 2.75) is 38.1 Å². The molecule has 2 rings (SSSR count). The summed E-state index contributed by atoms with van der Waals surface area (Å²) in [7, 11) is -3.22. The van der Waals surface area contributed by atoms with E-state index in [1.54, 1.807) is 4.31 Å². The summed E-state index contributed by atoms with van der Waals surface area (Å²) in [6.45, 7) is 0.620. The molecule has 1 heterocycles. The zero-order valence-corrected chi connectivity index (χ0v) is 13.2. The summed E-state index contributed by atoms with van der Waals surface area (Å²) in [6, 6.07) is 9.73. The van der Waals surface area contributed by atoms with Crippen LogP contribution in [0.5, 0.6) is 0 Å². The number of alkyl halides is 1. The van der Waals surface area contributed by atoms with Gasteiger partial charge in [-0.15, -0.1) is 11.6 Å². The summed E-state index contributed by atoms with van der Waals surface area (Å²) in [5, 5.41) is 0. The van der Waals surface area contributed by atoms with Crippen molar-refractivity contribution in [1.82, 2.24) is 4.31 Å². The van der Waals surface area contributed by atoms with Crippen molar-refractivity contribution in [1.29, 1.82) is 0 Å². The number of rotatable bonds is 5. The summed E-state index contributed by atoms with van der Waals surface area (Å²) in [6.07, 6.45) is 4.56. The average molecular weight is 316 g/mol. The summed E-state index contributed by atoms with van der Waals surface area (Å²) < 4.78 is 26.7. The molecule has 0 N–H and O–H groups in total. The van der Waals surface area contributed by atoms with Crippen LogP contribution in [0, 0.1) is 0 Å². The van der Waals surface area contributed by atoms with Gasteiger partial charge in [-0.3, -0.25) is 0 Å². The van der Waals surface area contributed by atoms with Gasteiger partial charge in [0.05, 0.1) is 5.75 Å². The Hall–Kier alpha value is -0.580. The molecular weight excluding hydrogens is 294 g/mol. The Bertz CT molecular complexity index is 504. The van der Waals surface area contributed by atoms with E-state index in [0.29, 0.717) is 18.8 Å². The Morgan fingerprint density at radius 3 is 2.60 bits per heavy atom. The highest BCUT2D eigenvalue weighted by Gasteiger charge is 2.30. The molecule has 1 fully saturated rings. The lowest BCUT2D eigenvalue weighted by Gasteiger charge is -2.27. The Labute approximate surface area is 127 Å². The van der Waals surface area contributed by atoms with Gasteiger partial charge in [0, 0.05) is 18.5 Å². The van der Waals surface area contributed by atoms with Gasteiger partial charge in [-0.2, -0.15) is 4.31 Å². The van der Waals surface area contributed by atoms with Gasteiger partial charge < -0.3 is 0 Å². The Morgan fingerprint density at radius 1 is 1.15 bits per heavy atom. The van der Waals surface area contributed by atoms with E-state index in [0.717, 1.165) is 31.2 Å². The molecule has 0 aliphatic carbocycles. The van der Waals surface area contributed by atoms with Gasteiger partial charge in [0.2, 0.25) is 10.0 Å². The number of halogens is 1. The largest absolute Gasteiger partial charge is 0.214 e. The first-order chi connectivity index (χ1) is 9.63. The van der Waals surface area contributed by atoms with Gasteiger partial charge >= 0.3 is 0 Å². The lowest BCUT2D eigenvalue weighted by atomic mass is 10.1. The maximum Gasteiger partial charge on any atom is 0.214 e. The fourth-order valence-corrected chi connectivity index (χ4v) is 4.85. The minimum absolute atomic E-state index is 0.0278. The molecule has 1 aromatic rings. The first-order valence-electron chi connectivity index (χ1n) is 7.23. The van der Waals surface area contributed by atoms with Gasteiger partial charge in [0.25, 0.3) is 0 Å². The molecule has 1 aliphatic rings. The molecule has 0 saturated carbocycles. The first-order valence-corrected chi connectivity index (χ1v) is 9.37. The number of hydrogen-bond acceptors (Lipinski definition) is 2. The number of sulfonamides is 1. The van der Waals surface area contributed by atoms with E-state index in [-0.39, 0.29) is 11.8 Å². The second-order valence-corrected chi connectivity index (χ2v) is 7.67. The van der Waals surface area contributed by atoms with Crippen molar-refractivity contribution in [2.24, 2.45) is 0 Å². The molecule has 20 heavy (non-hydrogen) atoms. The normalized spacial score (nSPS) is 21.6. The van der Waals surface area contributed by atoms with Crippen molar-refractivity contribution >= 4 is 21.6 Å². The predicted molar refractivity (Wildman–Crippen MR) is 83.6 cm³/mol. The van der Waals surface area contributed by atoms with Gasteiger partial charge in [-0.25, -0.2) is 8.42 Å². The molecule has 5 heteroatoms. The topological polar surface area (TPSA) is 37.4 Å². The fourth-order valence-electron chi connectivity index (χ4n) is 2.68. The van der Waals surface area contributed by atoms with Gasteiger partial charge in [0.15, 0.2) is 0 Å². The van der Waals surface area contributed by atoms with E-state index in [1.165, 1.54) is 0 Å². The molecule has 0 amide bonds. The molecule has 1 atom stereocenters. The van der Waals surface area contributed by atoms with Crippen molar-refractivity contribution in [3.05, 3.63) is 35.9 Å². The number of benzene rings is 1. The van der Waals surface area contributed by atoms with Crippen LogP contribution in [0.15, 0.2) is 30.3 Å². The second-order valence-electron chi connectivity index (χ2n) is 5.32. The maximum absolute atomic E-state index is 12.5. The summed E-state index contributed by atoms with van der Waals surface area (Å²) in [4.78, 5) is 0. The van der Waals surface area contributed by atoms with Gasteiger partial charge in [0.1, 0.15) is 0 Å². The lowest BCUT2D eigenvalue weighted by Crippen LogP contribution is -2.42. The number of hydrogen-bond donors (Lipinski definition) is 0. The Morgan fingerprint density at radius 2 is 1.90 bits per heavy atom. The molecule has 1 saturated heterocycles. The van der Waals surface area contributed by atoms with Crippen LogP contribution in [0.25, 0.3) is 0 Å². The van der Waals surface area contributed by atoms with Crippen molar-refractivity contribution < 1.29 is 8.42 Å². The second kappa shape index (κ2) is 7.43. The van der Waals surface area contributed by atoms with Crippen LogP contribution in [0.1, 0.15) is 31.2 Å². The monoisotopic (exact) mass is 315 g/mol. The zero-order chi connectivity index (χ0) is 14.4. The minimum Gasteiger partial charge on any atom is -0.212 e. The third-order valence-corrected chi connectivity index (χ3v) is 6.12. The van der Waals surface area contributed by atoms with Crippen molar-refractivity contribution in [3.8, 4) is 0 Å². The standard InChI is InChI=1S/C15H22ClNO2S/c16-13-15-9-5-2-6-11-17(15)20(18,19)12-10-14-7-3-1-4-8-14/h1,3-4,7-8,15H,2,5-6,9-13H2. The SMILES string of the molecule is O=S(=O)(CCc1ccccc1)N1CCCCCC1CCl. The van der Waals surface area contributed by atoms with Crippen molar-refractivity contribution in [3.63, 3.8) is 0 Å². The van der Waals surface area contributed by atoms with Gasteiger partial charge in [-0.1, -0.05) is 43.2 Å². The Kier molecular flexibility index (Phi) is 5.87. The van der Waals surface area contributed by atoms with Crippen LogP contribution in [-0.2, 0) is 16.4 Å². The maximum atomic E-state index is 12.5. The van der Waals surface area contributed by atoms with Crippen LogP contribution in [-0.4, -0.2) is 36.9 Å². The van der Waals surface area contributed by atoms with E-state index in [2.05, 4.69) is 0 Å². The third kappa shape index (κ3) is 4.21. The van der Waals surface area contributed by atoms with E-state index in [4.69, 9.17) is 11.6 Å². The van der Waals surface area contributed by atoms with E-state index in [9.17, 15) is 8.42 Å². The quantitative estimate of drug-likeness (QED) is 0.783. The number of nitrogens with zero attached hydrogens (tertiary/aromatic N) is 1. The predicted octanol–water partition coefficient (Wildman–Crippen LogP) is 3.04. The average Bonchev–Trinajstić information content (AvgIpc) is 2.72. The van der Waals surface area contributed by atoms with Crippen LogP contribution in [0.3, 0.4) is 0 Å².